The van der Waals surface area contributed by atoms with Crippen LogP contribution in [-0.2, 0) is 82.9 Å². The van der Waals surface area contributed by atoms with Crippen molar-refractivity contribution in [2.45, 2.75) is 147 Å². The van der Waals surface area contributed by atoms with Crippen LogP contribution in [0.5, 0.6) is 23.0 Å². The number of hydrogen-bond donors (Lipinski definition) is 3. The largest absolute Gasteiger partial charge is 0.493 e. The highest BCUT2D eigenvalue weighted by molar-refractivity contribution is 6.07. The van der Waals surface area contributed by atoms with Crippen molar-refractivity contribution in [3.8, 4) is 23.0 Å². The number of fused-ring (bicyclic) bond motifs is 4. The molecule has 6 aromatic rings. The minimum absolute atomic E-state index is 0.00262. The highest BCUT2D eigenvalue weighted by Gasteiger charge is 2.49. The monoisotopic (exact) mass is 1460 g/mol. The molecule has 8 heterocycles. The summed E-state index contributed by atoms with van der Waals surface area (Å²) in [6, 6.07) is 20.1. The van der Waals surface area contributed by atoms with E-state index in [1.54, 1.807) is 66.4 Å². The molecule has 0 aliphatic carbocycles. The van der Waals surface area contributed by atoms with Gasteiger partial charge >= 0.3 is 24.1 Å². The standard InChI is InChI=1S/C39H47N5O10.C37H43N5O10/c1-5-17-52-39(48)44-29-22-31(30(49-4)21-27(29)36(46)43-16-9-7-14-28(43)37(44)54-34-15-8-10-18-51-34)53-24-26-13-11-12-25(19-26)20-33(45)40-32-23-42(3)35(41-32)38(47)50-6-2;1-4-15-50-37(47)42-27-20-29(51-22-24-11-9-10-23(17-24)18-31(43)38-30-21-40(2)33(39-30)36(45)46)28(48-3)19-25(27)34(44)41-14-7-5-12-26(41)35(42)52-32-13-6-8-16-49-32/h5,11-13,19,21-23,28,34,37H,1,6-10,14-18,20,24H2,2-4H3,(H,40,45);4,9-11,17,19-21,26,32,35H,1,5-8,12-16,18,22H2,2-3H3,(H,38,43)(H,45,46)/t28-,34?,37?;26-,32?,35?/m00/s1. The molecule has 4 fully saturated rings. The zero-order valence-electron chi connectivity index (χ0n) is 60.2. The molecular formula is C76H90N10O20. The van der Waals surface area contributed by atoms with Crippen LogP contribution in [0.2, 0.25) is 0 Å². The van der Waals surface area contributed by atoms with Crippen LogP contribution in [0.25, 0.3) is 0 Å². The first kappa shape index (κ1) is 76.3. The minimum atomic E-state index is -1.20. The number of anilines is 4. The van der Waals surface area contributed by atoms with Gasteiger partial charge in [0.1, 0.15) is 26.4 Å². The van der Waals surface area contributed by atoms with Crippen LogP contribution in [0.3, 0.4) is 0 Å². The number of nitrogens with zero attached hydrogens (tertiary/aromatic N) is 8. The number of piperidine rings is 2. The lowest BCUT2D eigenvalue weighted by molar-refractivity contribution is -0.199. The van der Waals surface area contributed by atoms with E-state index < -0.39 is 61.2 Å². The quantitative estimate of drug-likeness (QED) is 0.0272. The maximum absolute atomic E-state index is 14.3. The molecule has 6 aliphatic rings. The molecule has 0 radical (unpaired) electrons. The smallest absolute Gasteiger partial charge is 0.416 e. The normalized spacial score (nSPS) is 19.7. The van der Waals surface area contributed by atoms with Crippen LogP contribution < -0.4 is 39.4 Å². The van der Waals surface area contributed by atoms with Crippen molar-refractivity contribution < 1.29 is 95.6 Å². The number of benzene rings is 4. The lowest BCUT2D eigenvalue weighted by Crippen LogP contribution is -2.57. The summed E-state index contributed by atoms with van der Waals surface area (Å²) < 4.78 is 68.1. The number of rotatable bonds is 25. The van der Waals surface area contributed by atoms with Gasteiger partial charge in [0.2, 0.25) is 23.5 Å². The lowest BCUT2D eigenvalue weighted by atomic mass is 10.00. The molecule has 6 amide bonds. The van der Waals surface area contributed by atoms with Crippen LogP contribution in [0.15, 0.2) is 111 Å². The molecule has 3 N–H and O–H groups in total. The van der Waals surface area contributed by atoms with E-state index in [0.717, 1.165) is 62.5 Å². The molecule has 0 spiro atoms. The first-order valence-corrected chi connectivity index (χ1v) is 35.6. The Morgan fingerprint density at radius 3 is 1.41 bits per heavy atom. The fourth-order valence-corrected chi connectivity index (χ4v) is 13.7. The molecule has 106 heavy (non-hydrogen) atoms. The number of carbonyl (C=O) groups is 8. The van der Waals surface area contributed by atoms with E-state index >= 15 is 0 Å². The molecule has 4 aromatic carbocycles. The predicted molar refractivity (Wildman–Crippen MR) is 384 cm³/mol. The number of carboxylic acids is 1. The first-order valence-electron chi connectivity index (χ1n) is 35.6. The number of methoxy groups -OCH3 is 2. The zero-order chi connectivity index (χ0) is 75.0. The fourth-order valence-electron chi connectivity index (χ4n) is 13.7. The number of aryl methyl sites for hydroxylation is 2. The van der Waals surface area contributed by atoms with E-state index in [1.165, 1.54) is 58.6 Å². The molecule has 6 atom stereocenters. The molecule has 4 unspecified atom stereocenters. The molecule has 12 rings (SSSR count). The molecular weight excluding hydrogens is 1370 g/mol. The van der Waals surface area contributed by atoms with Crippen LogP contribution in [0.1, 0.15) is 148 Å². The lowest BCUT2D eigenvalue weighted by Gasteiger charge is -2.42. The van der Waals surface area contributed by atoms with Gasteiger partial charge in [-0.1, -0.05) is 73.8 Å². The van der Waals surface area contributed by atoms with Crippen molar-refractivity contribution in [2.75, 3.05) is 80.8 Å². The van der Waals surface area contributed by atoms with E-state index in [-0.39, 0.29) is 127 Å². The van der Waals surface area contributed by atoms with Gasteiger partial charge in [-0.25, -0.2) is 38.9 Å². The molecule has 30 heteroatoms. The van der Waals surface area contributed by atoms with Crippen molar-refractivity contribution in [3.63, 3.8) is 0 Å². The molecule has 564 valence electrons. The second-order valence-corrected chi connectivity index (χ2v) is 26.1. The summed E-state index contributed by atoms with van der Waals surface area (Å²) in [4.78, 5) is 120. The van der Waals surface area contributed by atoms with E-state index in [1.807, 2.05) is 36.4 Å². The summed E-state index contributed by atoms with van der Waals surface area (Å²) in [6.07, 6.45) is 11.3. The van der Waals surface area contributed by atoms with Crippen molar-refractivity contribution >= 4 is 70.8 Å². The number of aromatic carboxylic acids is 1. The molecule has 0 bridgehead atoms. The number of esters is 1. The summed E-state index contributed by atoms with van der Waals surface area (Å²) >= 11 is 0. The number of carboxylic acid groups (broad SMARTS) is 1. The van der Waals surface area contributed by atoms with Gasteiger partial charge in [0.05, 0.1) is 68.3 Å². The second kappa shape index (κ2) is 35.8. The van der Waals surface area contributed by atoms with E-state index in [2.05, 4.69) is 33.8 Å². The minimum Gasteiger partial charge on any atom is -0.493 e. The number of imidazole rings is 2. The van der Waals surface area contributed by atoms with Gasteiger partial charge in [-0.15, -0.1) is 0 Å². The van der Waals surface area contributed by atoms with Gasteiger partial charge in [0.15, 0.2) is 59.7 Å². The summed E-state index contributed by atoms with van der Waals surface area (Å²) in [6.45, 7) is 11.4. The van der Waals surface area contributed by atoms with Crippen molar-refractivity contribution in [1.29, 1.82) is 0 Å². The topological polar surface area (TPSA) is 331 Å². The predicted octanol–water partition coefficient (Wildman–Crippen LogP) is 10.3. The number of carbonyl (C=O) groups excluding carboxylic acids is 7. The van der Waals surface area contributed by atoms with Gasteiger partial charge in [-0.05, 0) is 118 Å². The molecule has 30 nitrogen and oxygen atoms in total. The Bertz CT molecular complexity index is 4200. The summed E-state index contributed by atoms with van der Waals surface area (Å²) in [5.41, 5.74) is 3.93. The third kappa shape index (κ3) is 18.3. The van der Waals surface area contributed by atoms with Gasteiger partial charge in [0, 0.05) is 64.9 Å². The van der Waals surface area contributed by atoms with Gasteiger partial charge in [-0.3, -0.25) is 19.2 Å². The average molecular weight is 1460 g/mol. The molecule has 0 saturated carbocycles. The SMILES string of the molecule is C=CCOC(=O)N1c2cc(OCc3cccc(CC(=O)Nc4cn(C)c(C(=O)O)n4)c3)c(OC)cc2C(=O)N2CCCC[C@H]2C1OC1CCCCO1.C=CCOC(=O)N1c2cc(OCc3cccc(CC(=O)Nc4cn(C)c(C(=O)OCC)n4)c3)c(OC)cc2C(=O)N2CCCC[C@H]2C1OC1CCCCO1. The number of amides is 6. The van der Waals surface area contributed by atoms with Gasteiger partial charge in [-0.2, -0.15) is 0 Å². The molecule has 6 aliphatic heterocycles. The third-order valence-electron chi connectivity index (χ3n) is 18.7. The first-order chi connectivity index (χ1) is 51.4. The van der Waals surface area contributed by atoms with Crippen LogP contribution in [0.4, 0.5) is 32.6 Å². The highest BCUT2D eigenvalue weighted by Crippen LogP contribution is 2.45. The van der Waals surface area contributed by atoms with Gasteiger partial charge in [0.25, 0.3) is 11.8 Å². The average Bonchev–Trinajstić information content (AvgIpc) is 1.59. The Hall–Kier alpha value is -10.8. The number of hydrogen-bond acceptors (Lipinski definition) is 21. The molecule has 4 saturated heterocycles. The van der Waals surface area contributed by atoms with Gasteiger partial charge < -0.3 is 86.8 Å². The maximum Gasteiger partial charge on any atom is 0.416 e. The van der Waals surface area contributed by atoms with Crippen LogP contribution in [0, 0.1) is 0 Å². The number of ether oxygens (including phenoxy) is 11. The zero-order valence-corrected chi connectivity index (χ0v) is 60.2. The maximum atomic E-state index is 14.3. The second-order valence-electron chi connectivity index (χ2n) is 26.1. The summed E-state index contributed by atoms with van der Waals surface area (Å²) in [5.74, 6) is -1.57. The molecule has 2 aromatic heterocycles. The highest BCUT2D eigenvalue weighted by atomic mass is 16.7. The summed E-state index contributed by atoms with van der Waals surface area (Å²) in [7, 11) is 6.13. The van der Waals surface area contributed by atoms with E-state index in [9.17, 15) is 43.5 Å². The van der Waals surface area contributed by atoms with Crippen LogP contribution >= 0.6 is 0 Å². The van der Waals surface area contributed by atoms with Crippen molar-refractivity contribution in [2.24, 2.45) is 14.1 Å². The van der Waals surface area contributed by atoms with E-state index in [0.29, 0.717) is 74.6 Å². The Kier molecular flexibility index (Phi) is 25.8. The Morgan fingerprint density at radius 2 is 1.00 bits per heavy atom. The van der Waals surface area contributed by atoms with Crippen molar-refractivity contribution in [1.82, 2.24) is 28.9 Å². The number of aromatic nitrogens is 4. The fraction of sp³-hybridized carbons (Fsp3) is 0.447. The van der Waals surface area contributed by atoms with Crippen molar-refractivity contribution in [3.05, 3.63) is 156 Å². The van der Waals surface area contributed by atoms with Crippen LogP contribution in [-0.4, -0.2) is 179 Å². The Balaban J connectivity index is 0.000000212. The third-order valence-corrected chi connectivity index (χ3v) is 18.7. The summed E-state index contributed by atoms with van der Waals surface area (Å²) in [5, 5.41) is 14.6. The Morgan fingerprint density at radius 1 is 0.566 bits per heavy atom. The Labute approximate surface area is 613 Å². The van der Waals surface area contributed by atoms with E-state index in [4.69, 9.17) is 52.1 Å². The number of nitrogens with one attached hydrogen (secondary N) is 2.